The molecule has 0 aliphatic rings. The Morgan fingerprint density at radius 1 is 1.26 bits per heavy atom. The van der Waals surface area contributed by atoms with Gasteiger partial charge in [-0.3, -0.25) is 0 Å². The van der Waals surface area contributed by atoms with Crippen LogP contribution >= 0.6 is 0 Å². The first-order valence-electron chi connectivity index (χ1n) is 11.6. The molecule has 14 nitrogen and oxygen atoms in total. The van der Waals surface area contributed by atoms with Crippen molar-refractivity contribution >= 4 is 34.0 Å². The summed E-state index contributed by atoms with van der Waals surface area (Å²) in [6.45, 7) is 3.69. The number of aromatic amines is 2. The van der Waals surface area contributed by atoms with Crippen LogP contribution in [0.1, 0.15) is 43.9 Å². The Balaban J connectivity index is 0.000000780. The number of halogens is 1. The number of carbonyl (C=O) groups excluding carboxylic acids is 1. The maximum absolute atomic E-state index is 13.5. The normalized spacial score (nSPS) is 13.1. The summed E-state index contributed by atoms with van der Waals surface area (Å²) in [6.07, 6.45) is 0.578. The molecule has 0 bridgehead atoms. The second-order valence-electron chi connectivity index (χ2n) is 8.78. The van der Waals surface area contributed by atoms with Crippen LogP contribution in [-0.2, 0) is 14.8 Å². The number of carbonyl (C=O) groups is 1. The van der Waals surface area contributed by atoms with Crippen LogP contribution in [0.4, 0.5) is 16.3 Å². The maximum atomic E-state index is 13.5. The van der Waals surface area contributed by atoms with Crippen molar-refractivity contribution in [3.8, 4) is 11.3 Å². The molecule has 2 aromatic heterocycles. The Hall–Kier alpha value is -4.02. The Bertz CT molecular complexity index is 1370. The lowest BCUT2D eigenvalue weighted by Gasteiger charge is -2.20. The lowest BCUT2D eigenvalue weighted by Crippen LogP contribution is -2.29. The number of aliphatic hydroxyl groups is 2. The minimum absolute atomic E-state index is 0.0670. The lowest BCUT2D eigenvalue weighted by molar-refractivity contribution is -0.440. The number of H-pyrrole nitrogens is 2. The van der Waals surface area contributed by atoms with E-state index in [-0.39, 0.29) is 18.3 Å². The SMILES string of the molecule is CC(C)c1nc(N(C)S(C)(=O)=O)nc(-c2ccc(F)cc2)c1/C=C/[C@H](O)C[C@@H](O)CC(=O)[O-].Nc1nn[nH][nH+]1. The van der Waals surface area contributed by atoms with E-state index in [1.165, 1.54) is 43.5 Å². The molecular weight excluding hydrogens is 535 g/mol. The second-order valence-corrected chi connectivity index (χ2v) is 10.8. The van der Waals surface area contributed by atoms with Gasteiger partial charge in [0.15, 0.2) is 0 Å². The van der Waals surface area contributed by atoms with Crippen molar-refractivity contribution in [3.63, 3.8) is 0 Å². The second kappa shape index (κ2) is 13.7. The summed E-state index contributed by atoms with van der Waals surface area (Å²) in [6, 6.07) is 5.46. The Morgan fingerprint density at radius 3 is 2.36 bits per heavy atom. The molecule has 3 rings (SSSR count). The van der Waals surface area contributed by atoms with Crippen molar-refractivity contribution in [1.29, 1.82) is 0 Å². The molecule has 2 heterocycles. The molecule has 16 heteroatoms. The van der Waals surface area contributed by atoms with E-state index in [9.17, 15) is 32.9 Å². The molecule has 0 aliphatic carbocycles. The van der Waals surface area contributed by atoms with E-state index in [4.69, 9.17) is 5.73 Å². The zero-order valence-electron chi connectivity index (χ0n) is 21.7. The van der Waals surface area contributed by atoms with Gasteiger partial charge >= 0.3 is 5.95 Å². The number of nitrogens with one attached hydrogen (secondary N) is 2. The van der Waals surface area contributed by atoms with Crippen molar-refractivity contribution < 1.29 is 38.0 Å². The van der Waals surface area contributed by atoms with Crippen LogP contribution in [0.15, 0.2) is 30.3 Å². The van der Waals surface area contributed by atoms with E-state index in [0.29, 0.717) is 28.5 Å². The summed E-state index contributed by atoms with van der Waals surface area (Å²) in [5.74, 6) is -1.84. The molecule has 3 aromatic rings. The number of aliphatic hydroxyl groups excluding tert-OH is 2. The number of aromatic nitrogens is 6. The fraction of sp³-hybridized carbons (Fsp3) is 0.391. The Labute approximate surface area is 224 Å². The van der Waals surface area contributed by atoms with Crippen molar-refractivity contribution in [1.82, 2.24) is 25.5 Å². The fourth-order valence-electron chi connectivity index (χ4n) is 3.22. The first kappa shape index (κ1) is 31.2. The van der Waals surface area contributed by atoms with Crippen LogP contribution in [0.5, 0.6) is 0 Å². The highest BCUT2D eigenvalue weighted by Gasteiger charge is 2.22. The largest absolute Gasteiger partial charge is 0.550 e. The topological polar surface area (TPSA) is 225 Å². The predicted octanol–water partition coefficient (Wildman–Crippen LogP) is -0.732. The summed E-state index contributed by atoms with van der Waals surface area (Å²) in [5.41, 5.74) is 6.78. The standard InChI is InChI=1S/C22H28FN3O6S.CH3N5/c1-13(2)20-18(10-9-16(27)11-17(28)12-19(29)30)21(14-5-7-15(23)8-6-14)25-22(24-20)26(3)33(4,31)32;2-1-3-5-6-4-1/h5-10,13,16-17,27-28H,11-12H2,1-4H3,(H,29,30);(H3,2,3,4,5,6)/b10-9+;/t16-,17+;/m0./s1. The summed E-state index contributed by atoms with van der Waals surface area (Å²) in [4.78, 5) is 19.4. The van der Waals surface area contributed by atoms with Crippen molar-refractivity contribution in [2.45, 2.75) is 44.8 Å². The highest BCUT2D eigenvalue weighted by Crippen LogP contribution is 2.31. The predicted molar refractivity (Wildman–Crippen MR) is 137 cm³/mol. The van der Waals surface area contributed by atoms with Gasteiger partial charge in [0.2, 0.25) is 16.0 Å². The van der Waals surface area contributed by atoms with E-state index in [1.54, 1.807) is 0 Å². The maximum Gasteiger partial charge on any atom is 0.394 e. The monoisotopic (exact) mass is 566 g/mol. The van der Waals surface area contributed by atoms with Gasteiger partial charge in [-0.15, -0.1) is 5.21 Å². The number of rotatable bonds is 10. The Morgan fingerprint density at radius 2 is 1.90 bits per heavy atom. The molecule has 0 saturated carbocycles. The van der Waals surface area contributed by atoms with Crippen LogP contribution in [0, 0.1) is 5.82 Å². The zero-order valence-corrected chi connectivity index (χ0v) is 22.6. The molecule has 0 radical (unpaired) electrons. The average Bonchev–Trinajstić information content (AvgIpc) is 3.32. The third kappa shape index (κ3) is 9.66. The van der Waals surface area contributed by atoms with Crippen molar-refractivity contribution in [2.24, 2.45) is 0 Å². The number of hydrogen-bond donors (Lipinski definition) is 4. The number of nitrogens with two attached hydrogens (primary N) is 1. The van der Waals surface area contributed by atoms with Crippen LogP contribution in [-0.4, -0.2) is 75.6 Å². The van der Waals surface area contributed by atoms with Gasteiger partial charge in [-0.2, -0.15) is 5.10 Å². The molecular formula is C23H31FN8O6S. The summed E-state index contributed by atoms with van der Waals surface area (Å²) >= 11 is 0. The fourth-order valence-corrected chi connectivity index (χ4v) is 3.60. The molecule has 1 aromatic carbocycles. The minimum atomic E-state index is -3.66. The van der Waals surface area contributed by atoms with Crippen LogP contribution in [0.2, 0.25) is 0 Å². The van der Waals surface area contributed by atoms with Gasteiger partial charge in [-0.05, 0) is 30.2 Å². The quantitative estimate of drug-likeness (QED) is 0.239. The molecule has 2 atom stereocenters. The molecule has 0 fully saturated rings. The number of benzene rings is 1. The van der Waals surface area contributed by atoms with E-state index in [2.05, 4.69) is 30.6 Å². The van der Waals surface area contributed by atoms with Gasteiger partial charge < -0.3 is 25.8 Å². The number of sulfonamides is 1. The lowest BCUT2D eigenvalue weighted by atomic mass is 9.97. The molecule has 39 heavy (non-hydrogen) atoms. The van der Waals surface area contributed by atoms with E-state index in [1.807, 2.05) is 13.8 Å². The number of nitrogens with zero attached hydrogens (tertiary/aromatic N) is 5. The van der Waals surface area contributed by atoms with Crippen LogP contribution in [0.3, 0.4) is 0 Å². The molecule has 0 unspecified atom stereocenters. The van der Waals surface area contributed by atoms with Gasteiger partial charge in [0.1, 0.15) is 11.0 Å². The number of hydrogen-bond acceptors (Lipinski definition) is 11. The Kier molecular flexibility index (Phi) is 10.9. The van der Waals surface area contributed by atoms with Crippen LogP contribution in [0.25, 0.3) is 17.3 Å². The molecule has 212 valence electrons. The highest BCUT2D eigenvalue weighted by atomic mass is 32.2. The zero-order chi connectivity index (χ0) is 29.3. The van der Waals surface area contributed by atoms with Gasteiger partial charge in [-0.1, -0.05) is 26.0 Å². The highest BCUT2D eigenvalue weighted by molar-refractivity contribution is 7.92. The molecule has 6 N–H and O–H groups in total. The number of carboxylic acid groups (broad SMARTS) is 1. The summed E-state index contributed by atoms with van der Waals surface area (Å²) in [5, 5.41) is 41.9. The number of carboxylic acids is 1. The number of anilines is 2. The average molecular weight is 567 g/mol. The number of tetrazole rings is 1. The van der Waals surface area contributed by atoms with E-state index >= 15 is 0 Å². The molecule has 0 aliphatic heterocycles. The summed E-state index contributed by atoms with van der Waals surface area (Å²) in [7, 11) is -2.34. The number of nitrogen functional groups attached to an aromatic ring is 1. The third-order valence-corrected chi connectivity index (χ3v) is 6.36. The first-order chi connectivity index (χ1) is 18.2. The smallest absolute Gasteiger partial charge is 0.394 e. The first-order valence-corrected chi connectivity index (χ1v) is 13.4. The number of aliphatic carboxylic acids is 1. The molecule has 0 amide bonds. The van der Waals surface area contributed by atoms with Gasteiger partial charge in [0, 0.05) is 37.0 Å². The van der Waals surface area contributed by atoms with Gasteiger partial charge in [0.25, 0.3) is 0 Å². The molecule has 0 saturated heterocycles. The van der Waals surface area contributed by atoms with E-state index < -0.39 is 40.4 Å². The van der Waals surface area contributed by atoms with Gasteiger partial charge in [0.05, 0.1) is 35.0 Å². The van der Waals surface area contributed by atoms with Crippen LogP contribution < -0.4 is 20.2 Å². The van der Waals surface area contributed by atoms with Crippen molar-refractivity contribution in [3.05, 3.63) is 47.4 Å². The minimum Gasteiger partial charge on any atom is -0.550 e. The van der Waals surface area contributed by atoms with Gasteiger partial charge in [-0.25, -0.2) is 27.1 Å². The summed E-state index contributed by atoms with van der Waals surface area (Å²) < 4.78 is 38.6. The van der Waals surface area contributed by atoms with E-state index in [0.717, 1.165) is 10.6 Å². The molecule has 0 spiro atoms. The van der Waals surface area contributed by atoms with Crippen molar-refractivity contribution in [2.75, 3.05) is 23.3 Å². The third-order valence-electron chi connectivity index (χ3n) is 5.20.